The van der Waals surface area contributed by atoms with Crippen LogP contribution in [-0.2, 0) is 6.54 Å². The maximum absolute atomic E-state index is 5.42. The fourth-order valence-electron chi connectivity index (χ4n) is 3.22. The van der Waals surface area contributed by atoms with E-state index in [4.69, 9.17) is 4.74 Å². The summed E-state index contributed by atoms with van der Waals surface area (Å²) in [5, 5.41) is 10.1. The van der Waals surface area contributed by atoms with E-state index in [-0.39, 0.29) is 6.04 Å². The minimum absolute atomic E-state index is 0.228. The highest BCUT2D eigenvalue weighted by molar-refractivity contribution is 7.09. The summed E-state index contributed by atoms with van der Waals surface area (Å²) in [6.45, 7) is 12.1. The van der Waals surface area contributed by atoms with Crippen LogP contribution in [0.4, 0.5) is 0 Å². The van der Waals surface area contributed by atoms with Gasteiger partial charge in [-0.15, -0.1) is 11.3 Å². The summed E-state index contributed by atoms with van der Waals surface area (Å²) < 4.78 is 5.42. The van der Waals surface area contributed by atoms with E-state index in [1.165, 1.54) is 5.56 Å². The number of thiazole rings is 1. The summed E-state index contributed by atoms with van der Waals surface area (Å²) in [4.78, 5) is 11.5. The normalized spacial score (nSPS) is 13.0. The first-order valence-electron chi connectivity index (χ1n) is 10.3. The third-order valence-corrected chi connectivity index (χ3v) is 5.85. The van der Waals surface area contributed by atoms with Gasteiger partial charge in [-0.2, -0.15) is 0 Å². The highest BCUT2D eigenvalue weighted by Crippen LogP contribution is 2.24. The molecule has 0 amide bonds. The number of methoxy groups -OCH3 is 1. The van der Waals surface area contributed by atoms with Gasteiger partial charge >= 0.3 is 0 Å². The molecule has 0 spiro atoms. The van der Waals surface area contributed by atoms with Crippen molar-refractivity contribution in [3.8, 4) is 5.75 Å². The lowest BCUT2D eigenvalue weighted by atomic mass is 10.0. The lowest BCUT2D eigenvalue weighted by Gasteiger charge is -2.31. The zero-order valence-electron chi connectivity index (χ0n) is 18.5. The summed E-state index contributed by atoms with van der Waals surface area (Å²) in [6, 6.07) is 8.53. The first kappa shape index (κ1) is 23.2. The molecule has 0 saturated heterocycles. The molecular weight excluding hydrogens is 382 g/mol. The van der Waals surface area contributed by atoms with Crippen LogP contribution in [0.15, 0.2) is 34.6 Å². The Morgan fingerprint density at radius 1 is 1.24 bits per heavy atom. The predicted octanol–water partition coefficient (Wildman–Crippen LogP) is 4.02. The molecule has 2 rings (SSSR count). The molecule has 6 nitrogen and oxygen atoms in total. The standard InChI is InChI=1S/C22H35N5OS/c1-7-27(8-2)20(17-10-9-11-18(12-17)28-6)13-24-22(23-5)25-14-21-26-19(15-29-21)16(3)4/h9-12,15-16,20H,7-8,13-14H2,1-6H3,(H2,23,24,25). The second kappa shape index (κ2) is 11.8. The lowest BCUT2D eigenvalue weighted by molar-refractivity contribution is 0.218. The van der Waals surface area contributed by atoms with Crippen molar-refractivity contribution in [2.75, 3.05) is 33.8 Å². The van der Waals surface area contributed by atoms with Gasteiger partial charge in [-0.05, 0) is 36.7 Å². The second-order valence-electron chi connectivity index (χ2n) is 7.14. The van der Waals surface area contributed by atoms with Crippen molar-refractivity contribution in [3.05, 3.63) is 45.9 Å². The Balaban J connectivity index is 2.03. The Kier molecular flexibility index (Phi) is 9.41. The smallest absolute Gasteiger partial charge is 0.191 e. The summed E-state index contributed by atoms with van der Waals surface area (Å²) in [5.41, 5.74) is 2.38. The zero-order chi connectivity index (χ0) is 21.2. The Labute approximate surface area is 179 Å². The van der Waals surface area contributed by atoms with Crippen molar-refractivity contribution in [2.45, 2.75) is 46.2 Å². The average Bonchev–Trinajstić information content (AvgIpc) is 3.22. The van der Waals surface area contributed by atoms with Crippen LogP contribution in [0.1, 0.15) is 55.9 Å². The fraction of sp³-hybridized carbons (Fsp3) is 0.545. The number of aliphatic imine (C=N–C) groups is 1. The predicted molar refractivity (Wildman–Crippen MR) is 123 cm³/mol. The van der Waals surface area contributed by atoms with E-state index in [9.17, 15) is 0 Å². The summed E-state index contributed by atoms with van der Waals surface area (Å²) >= 11 is 1.69. The van der Waals surface area contributed by atoms with Crippen molar-refractivity contribution in [3.63, 3.8) is 0 Å². The van der Waals surface area contributed by atoms with Gasteiger partial charge in [-0.25, -0.2) is 4.98 Å². The number of nitrogens with zero attached hydrogens (tertiary/aromatic N) is 3. The highest BCUT2D eigenvalue weighted by atomic mass is 32.1. The molecule has 29 heavy (non-hydrogen) atoms. The average molecular weight is 418 g/mol. The Hall–Kier alpha value is -2.12. The molecule has 2 aromatic rings. The number of hydrogen-bond acceptors (Lipinski definition) is 5. The highest BCUT2D eigenvalue weighted by Gasteiger charge is 2.19. The number of likely N-dealkylation sites (N-methyl/N-ethyl adjacent to an activating group) is 1. The van der Waals surface area contributed by atoms with Crippen LogP contribution in [0.2, 0.25) is 0 Å². The molecule has 1 atom stereocenters. The molecule has 0 bridgehead atoms. The Bertz CT molecular complexity index is 770. The monoisotopic (exact) mass is 417 g/mol. The summed E-state index contributed by atoms with van der Waals surface area (Å²) in [6.07, 6.45) is 0. The summed E-state index contributed by atoms with van der Waals surface area (Å²) in [7, 11) is 3.51. The van der Waals surface area contributed by atoms with E-state index in [0.717, 1.165) is 42.0 Å². The number of ether oxygens (including phenoxy) is 1. The molecular formula is C22H35N5OS. The van der Waals surface area contributed by atoms with Gasteiger partial charge in [-0.3, -0.25) is 9.89 Å². The number of aromatic nitrogens is 1. The largest absolute Gasteiger partial charge is 0.497 e. The van der Waals surface area contributed by atoms with Gasteiger partial charge in [0, 0.05) is 19.0 Å². The molecule has 1 heterocycles. The van der Waals surface area contributed by atoms with Crippen LogP contribution in [0.3, 0.4) is 0 Å². The van der Waals surface area contributed by atoms with Crippen LogP contribution < -0.4 is 15.4 Å². The van der Waals surface area contributed by atoms with Crippen LogP contribution in [0, 0.1) is 0 Å². The van der Waals surface area contributed by atoms with Crippen LogP contribution in [-0.4, -0.2) is 49.6 Å². The van der Waals surface area contributed by atoms with E-state index in [1.807, 2.05) is 12.1 Å². The van der Waals surface area contributed by atoms with Gasteiger partial charge in [0.05, 0.1) is 25.4 Å². The van der Waals surface area contributed by atoms with Gasteiger partial charge in [0.1, 0.15) is 10.8 Å². The number of guanidine groups is 1. The maximum Gasteiger partial charge on any atom is 0.191 e. The first-order chi connectivity index (χ1) is 14.0. The molecule has 0 fully saturated rings. The molecule has 1 aromatic heterocycles. The minimum Gasteiger partial charge on any atom is -0.497 e. The van der Waals surface area contributed by atoms with Crippen molar-refractivity contribution >= 4 is 17.3 Å². The van der Waals surface area contributed by atoms with Crippen LogP contribution >= 0.6 is 11.3 Å². The van der Waals surface area contributed by atoms with Gasteiger partial charge < -0.3 is 15.4 Å². The molecule has 0 aliphatic carbocycles. The minimum atomic E-state index is 0.228. The molecule has 2 N–H and O–H groups in total. The van der Waals surface area contributed by atoms with Gasteiger partial charge in [0.15, 0.2) is 5.96 Å². The third kappa shape index (κ3) is 6.72. The molecule has 0 radical (unpaired) electrons. The SMILES string of the molecule is CCN(CC)C(CNC(=NC)NCc1nc(C(C)C)cs1)c1cccc(OC)c1. The zero-order valence-corrected chi connectivity index (χ0v) is 19.3. The topological polar surface area (TPSA) is 61.8 Å². The molecule has 0 saturated carbocycles. The van der Waals surface area contributed by atoms with Crippen molar-refractivity contribution in [1.82, 2.24) is 20.5 Å². The third-order valence-electron chi connectivity index (χ3n) is 4.99. The van der Waals surface area contributed by atoms with Gasteiger partial charge in [0.2, 0.25) is 0 Å². The van der Waals surface area contributed by atoms with Crippen molar-refractivity contribution in [1.29, 1.82) is 0 Å². The maximum atomic E-state index is 5.42. The van der Waals surface area contributed by atoms with E-state index >= 15 is 0 Å². The Morgan fingerprint density at radius 2 is 2.00 bits per heavy atom. The number of nitrogens with one attached hydrogen (secondary N) is 2. The van der Waals surface area contributed by atoms with Crippen molar-refractivity contribution < 1.29 is 4.74 Å². The quantitative estimate of drug-likeness (QED) is 0.452. The fourth-order valence-corrected chi connectivity index (χ4v) is 4.11. The Morgan fingerprint density at radius 3 is 2.59 bits per heavy atom. The van der Waals surface area contributed by atoms with Crippen molar-refractivity contribution in [2.24, 2.45) is 4.99 Å². The second-order valence-corrected chi connectivity index (χ2v) is 8.08. The van der Waals surface area contributed by atoms with Crippen LogP contribution in [0.25, 0.3) is 0 Å². The lowest BCUT2D eigenvalue weighted by Crippen LogP contribution is -2.43. The molecule has 1 unspecified atom stereocenters. The van der Waals surface area contributed by atoms with E-state index in [2.05, 4.69) is 70.7 Å². The molecule has 0 aliphatic rings. The molecule has 7 heteroatoms. The van der Waals surface area contributed by atoms with E-state index < -0.39 is 0 Å². The van der Waals surface area contributed by atoms with E-state index in [0.29, 0.717) is 12.5 Å². The molecule has 160 valence electrons. The summed E-state index contributed by atoms with van der Waals surface area (Å²) in [5.74, 6) is 2.12. The number of benzene rings is 1. The molecule has 0 aliphatic heterocycles. The van der Waals surface area contributed by atoms with Gasteiger partial charge in [0.25, 0.3) is 0 Å². The number of hydrogen-bond donors (Lipinski definition) is 2. The van der Waals surface area contributed by atoms with Crippen LogP contribution in [0.5, 0.6) is 5.75 Å². The first-order valence-corrected chi connectivity index (χ1v) is 11.2. The van der Waals surface area contributed by atoms with E-state index in [1.54, 1.807) is 25.5 Å². The number of rotatable bonds is 10. The molecule has 1 aromatic carbocycles. The van der Waals surface area contributed by atoms with Gasteiger partial charge in [-0.1, -0.05) is 39.8 Å².